The lowest BCUT2D eigenvalue weighted by Gasteiger charge is -2.12. The molecule has 0 aromatic rings. The minimum atomic E-state index is -1.27. The number of thiol groups is 1. The second kappa shape index (κ2) is 9.66. The minimum absolute atomic E-state index is 0.114. The van der Waals surface area contributed by atoms with Crippen LogP contribution in [-0.4, -0.2) is 35.6 Å². The summed E-state index contributed by atoms with van der Waals surface area (Å²) in [6, 6.07) is -2.42. The van der Waals surface area contributed by atoms with Crippen molar-refractivity contribution in [2.24, 2.45) is 26.5 Å². The summed E-state index contributed by atoms with van der Waals surface area (Å²) < 4.78 is 0. The summed E-state index contributed by atoms with van der Waals surface area (Å²) in [5, 5.41) is 12.6. The summed E-state index contributed by atoms with van der Waals surface area (Å²) in [5.41, 5.74) is 0. The third-order valence-electron chi connectivity index (χ3n) is 2.13. The largest absolute Gasteiger partial charge is 0.343 e. The fraction of sp³-hybridized carbons (Fsp3) is 0.625. The molecule has 0 heterocycles. The van der Waals surface area contributed by atoms with Gasteiger partial charge < -0.3 is 11.2 Å². The maximum absolute atomic E-state index is 11.5. The van der Waals surface area contributed by atoms with Crippen LogP contribution in [0, 0.1) is 9.81 Å². The van der Waals surface area contributed by atoms with Crippen molar-refractivity contribution in [3.63, 3.8) is 0 Å². The van der Waals surface area contributed by atoms with Gasteiger partial charge >= 0.3 is 11.8 Å². The van der Waals surface area contributed by atoms with Crippen LogP contribution in [0.1, 0.15) is 12.8 Å². The number of carbonyl (C=O) groups excluding carboxylic acids is 3. The van der Waals surface area contributed by atoms with Gasteiger partial charge in [-0.1, -0.05) is 5.22 Å². The first-order chi connectivity index (χ1) is 9.49. The van der Waals surface area contributed by atoms with E-state index in [2.05, 4.69) is 38.6 Å². The van der Waals surface area contributed by atoms with Crippen LogP contribution in [0.15, 0.2) is 20.7 Å². The van der Waals surface area contributed by atoms with Gasteiger partial charge in [-0.25, -0.2) is 0 Å². The molecule has 0 spiro atoms. The highest BCUT2D eigenvalue weighted by Gasteiger charge is 2.23. The highest BCUT2D eigenvalue weighted by atomic mass is 32.1. The van der Waals surface area contributed by atoms with Crippen LogP contribution in [0.3, 0.4) is 0 Å². The standard InChI is InChI=1S/C8H12N6O5S/c9-14-11-4(7(16)12-18)1-2-6(15)10-5(3-20)8(17)13-19/h4-5,20H,1-3H2,(H2,9,11)(H,10,15). The number of hydrogen-bond acceptors (Lipinski definition) is 8. The minimum Gasteiger partial charge on any atom is -0.343 e. The second-order valence-electron chi connectivity index (χ2n) is 3.45. The van der Waals surface area contributed by atoms with Crippen LogP contribution >= 0.6 is 12.6 Å². The molecule has 0 aliphatic carbocycles. The smallest absolute Gasteiger partial charge is 0.312 e. The molecule has 0 saturated heterocycles. The predicted molar refractivity (Wildman–Crippen MR) is 69.5 cm³/mol. The number of amides is 3. The Balaban J connectivity index is 4.45. The number of hydrogen-bond donors (Lipinski definition) is 3. The van der Waals surface area contributed by atoms with Crippen molar-refractivity contribution in [2.45, 2.75) is 24.9 Å². The van der Waals surface area contributed by atoms with E-state index >= 15 is 0 Å². The molecule has 2 atom stereocenters. The Labute approximate surface area is 118 Å². The number of rotatable bonds is 8. The van der Waals surface area contributed by atoms with Gasteiger partial charge in [0.15, 0.2) is 6.04 Å². The first-order valence-corrected chi connectivity index (χ1v) is 5.88. The van der Waals surface area contributed by atoms with Crippen molar-refractivity contribution >= 4 is 30.4 Å². The van der Waals surface area contributed by atoms with E-state index in [0.717, 1.165) is 0 Å². The number of nitrogens with zero attached hydrogens (tertiary/aromatic N) is 4. The molecule has 11 nitrogen and oxygen atoms in total. The summed E-state index contributed by atoms with van der Waals surface area (Å²) in [6.45, 7) is 0. The van der Waals surface area contributed by atoms with Crippen molar-refractivity contribution in [3.05, 3.63) is 9.81 Å². The van der Waals surface area contributed by atoms with Crippen LogP contribution in [-0.2, 0) is 14.4 Å². The van der Waals surface area contributed by atoms with Gasteiger partial charge in [-0.05, 0) is 6.42 Å². The molecule has 0 aromatic carbocycles. The molecule has 0 aromatic heterocycles. The van der Waals surface area contributed by atoms with E-state index in [1.165, 1.54) is 0 Å². The van der Waals surface area contributed by atoms with E-state index in [1.807, 2.05) is 0 Å². The molecule has 2 unspecified atom stereocenters. The third kappa shape index (κ3) is 6.08. The van der Waals surface area contributed by atoms with Crippen molar-refractivity contribution in [2.75, 3.05) is 5.75 Å². The fourth-order valence-corrected chi connectivity index (χ4v) is 1.40. The first kappa shape index (κ1) is 17.8. The zero-order chi connectivity index (χ0) is 15.5. The molecule has 110 valence electrons. The molecular formula is C8H12N6O5S. The van der Waals surface area contributed by atoms with E-state index in [4.69, 9.17) is 5.84 Å². The maximum atomic E-state index is 11.5. The van der Waals surface area contributed by atoms with E-state index in [0.29, 0.717) is 0 Å². The molecule has 0 aliphatic heterocycles. The van der Waals surface area contributed by atoms with Crippen molar-refractivity contribution in [1.29, 1.82) is 0 Å². The van der Waals surface area contributed by atoms with Gasteiger partial charge in [0.05, 0.1) is 0 Å². The summed E-state index contributed by atoms with van der Waals surface area (Å²) >= 11 is 3.78. The highest BCUT2D eigenvalue weighted by molar-refractivity contribution is 7.80. The van der Waals surface area contributed by atoms with Crippen LogP contribution in [0.25, 0.3) is 0 Å². The van der Waals surface area contributed by atoms with Crippen molar-refractivity contribution in [1.82, 2.24) is 5.32 Å². The zero-order valence-corrected chi connectivity index (χ0v) is 11.0. The van der Waals surface area contributed by atoms with E-state index in [9.17, 15) is 24.2 Å². The lowest BCUT2D eigenvalue weighted by atomic mass is 10.1. The third-order valence-corrected chi connectivity index (χ3v) is 2.50. The summed E-state index contributed by atoms with van der Waals surface area (Å²) in [4.78, 5) is 53.6. The van der Waals surface area contributed by atoms with Gasteiger partial charge in [0, 0.05) is 22.5 Å². The molecule has 0 saturated carbocycles. The van der Waals surface area contributed by atoms with Gasteiger partial charge in [0.1, 0.15) is 6.04 Å². The molecule has 20 heavy (non-hydrogen) atoms. The first-order valence-electron chi connectivity index (χ1n) is 5.24. The number of nitrogens with two attached hydrogens (primary N) is 1. The molecule has 3 N–H and O–H groups in total. The fourth-order valence-electron chi connectivity index (χ4n) is 1.16. The quantitative estimate of drug-likeness (QED) is 0.178. The normalized spacial score (nSPS) is 13.4. The number of nitrogens with one attached hydrogen (secondary N) is 1. The Kier molecular flexibility index (Phi) is 8.58. The van der Waals surface area contributed by atoms with E-state index < -0.39 is 29.8 Å². The molecule has 3 amide bonds. The summed E-state index contributed by atoms with van der Waals surface area (Å²) in [7, 11) is 0. The van der Waals surface area contributed by atoms with E-state index in [1.54, 1.807) is 0 Å². The van der Waals surface area contributed by atoms with Gasteiger partial charge in [-0.3, -0.25) is 14.4 Å². The molecule has 0 bridgehead atoms. The Morgan fingerprint density at radius 3 is 2.20 bits per heavy atom. The Hall–Kier alpha value is -2.24. The lowest BCUT2D eigenvalue weighted by molar-refractivity contribution is -0.127. The monoisotopic (exact) mass is 304 g/mol. The van der Waals surface area contributed by atoms with Gasteiger partial charge in [-0.2, -0.15) is 17.7 Å². The molecule has 0 aliphatic rings. The molecule has 0 fully saturated rings. The Morgan fingerprint density at radius 1 is 1.15 bits per heavy atom. The zero-order valence-electron chi connectivity index (χ0n) is 10.1. The summed E-state index contributed by atoms with van der Waals surface area (Å²) in [6.07, 6.45) is -0.444. The average Bonchev–Trinajstić information content (AvgIpc) is 2.47. The average molecular weight is 304 g/mol. The van der Waals surface area contributed by atoms with Gasteiger partial charge in [0.25, 0.3) is 0 Å². The van der Waals surface area contributed by atoms with Crippen molar-refractivity contribution in [3.8, 4) is 0 Å². The number of nitroso groups, excluding NO2 is 2. The van der Waals surface area contributed by atoms with E-state index in [-0.39, 0.29) is 18.6 Å². The molecule has 0 rings (SSSR count). The SMILES string of the molecule is NN=NC(CCC(=O)NC(CS)C(=O)N=O)C(=O)N=O. The maximum Gasteiger partial charge on any atom is 0.312 e. The van der Waals surface area contributed by atoms with Crippen LogP contribution in [0.4, 0.5) is 0 Å². The highest BCUT2D eigenvalue weighted by Crippen LogP contribution is 2.05. The topological polar surface area (TPSA) is 173 Å². The van der Waals surface area contributed by atoms with Gasteiger partial charge in [-0.15, -0.1) is 9.81 Å². The second-order valence-corrected chi connectivity index (χ2v) is 3.81. The van der Waals surface area contributed by atoms with Gasteiger partial charge in [0.2, 0.25) is 5.91 Å². The Bertz CT molecular complexity index is 428. The van der Waals surface area contributed by atoms with Crippen LogP contribution < -0.4 is 11.2 Å². The summed E-state index contributed by atoms with van der Waals surface area (Å²) in [5.74, 6) is 1.78. The van der Waals surface area contributed by atoms with Crippen LogP contribution in [0.2, 0.25) is 0 Å². The molecule has 12 heteroatoms. The molecular weight excluding hydrogens is 292 g/mol. The Morgan fingerprint density at radius 2 is 1.75 bits per heavy atom. The lowest BCUT2D eigenvalue weighted by Crippen LogP contribution is -2.41. The molecule has 0 radical (unpaired) electrons. The number of carbonyl (C=O) groups is 3. The van der Waals surface area contributed by atoms with Crippen LogP contribution in [0.5, 0.6) is 0 Å². The predicted octanol–water partition coefficient (Wildman–Crippen LogP) is -0.538. The van der Waals surface area contributed by atoms with Crippen molar-refractivity contribution < 1.29 is 14.4 Å².